The fourth-order valence-electron chi connectivity index (χ4n) is 4.80. The molecule has 3 aromatic rings. The number of benzene rings is 1. The van der Waals surface area contributed by atoms with Gasteiger partial charge in [-0.25, -0.2) is 4.39 Å². The van der Waals surface area contributed by atoms with Crippen LogP contribution in [0.3, 0.4) is 0 Å². The first kappa shape index (κ1) is 28.8. The van der Waals surface area contributed by atoms with Gasteiger partial charge in [0.25, 0.3) is 5.91 Å². The summed E-state index contributed by atoms with van der Waals surface area (Å²) < 4.78 is 57.3. The molecule has 39 heavy (non-hydrogen) atoms. The van der Waals surface area contributed by atoms with Gasteiger partial charge >= 0.3 is 12.1 Å². The standard InChI is InChI=1S/C26H24Cl2F4N4O3/c27-21-12-33-13-22(28)19(21)9-10-35(14-15-1-5-17(29)6-2-15)24(37)20-11-34-36(23(20)26(30,31)32)18-7-3-16(4-8-18)25(38)39/h1-2,5-6,11-13,16,18H,3-4,7-10,14H2,(H,38,39). The maximum absolute atomic E-state index is 14.3. The molecular formula is C26H24Cl2F4N4O3. The van der Waals surface area contributed by atoms with Crippen molar-refractivity contribution in [1.82, 2.24) is 19.7 Å². The van der Waals surface area contributed by atoms with Crippen molar-refractivity contribution in [1.29, 1.82) is 0 Å². The molecule has 1 aliphatic rings. The third-order valence-electron chi connectivity index (χ3n) is 6.84. The van der Waals surface area contributed by atoms with Crippen molar-refractivity contribution in [3.8, 4) is 0 Å². The van der Waals surface area contributed by atoms with Crippen LogP contribution < -0.4 is 0 Å². The van der Waals surface area contributed by atoms with Crippen LogP contribution in [0.2, 0.25) is 10.0 Å². The molecule has 0 unspecified atom stereocenters. The minimum Gasteiger partial charge on any atom is -0.481 e. The van der Waals surface area contributed by atoms with E-state index < -0.39 is 47.1 Å². The number of aliphatic carboxylic acids is 1. The summed E-state index contributed by atoms with van der Waals surface area (Å²) in [6.07, 6.45) is -0.319. The van der Waals surface area contributed by atoms with Gasteiger partial charge in [0, 0.05) is 25.5 Å². The van der Waals surface area contributed by atoms with Gasteiger partial charge in [-0.05, 0) is 55.4 Å². The molecule has 4 rings (SSSR count). The number of pyridine rings is 1. The molecule has 1 amide bonds. The van der Waals surface area contributed by atoms with Crippen molar-refractivity contribution in [2.24, 2.45) is 5.92 Å². The highest BCUT2D eigenvalue weighted by Gasteiger charge is 2.43. The van der Waals surface area contributed by atoms with Crippen LogP contribution in [0.4, 0.5) is 17.6 Å². The number of amides is 1. The van der Waals surface area contributed by atoms with Crippen LogP contribution in [0.1, 0.15) is 58.9 Å². The summed E-state index contributed by atoms with van der Waals surface area (Å²) in [6.45, 7) is -0.155. The Morgan fingerprint density at radius 2 is 1.64 bits per heavy atom. The molecule has 0 saturated heterocycles. The van der Waals surface area contributed by atoms with E-state index in [1.54, 1.807) is 0 Å². The third kappa shape index (κ3) is 6.70. The summed E-state index contributed by atoms with van der Waals surface area (Å²) >= 11 is 12.4. The zero-order valence-corrected chi connectivity index (χ0v) is 22.0. The van der Waals surface area contributed by atoms with Gasteiger partial charge in [-0.2, -0.15) is 18.3 Å². The summed E-state index contributed by atoms with van der Waals surface area (Å²) in [5, 5.41) is 13.7. The van der Waals surface area contributed by atoms with Gasteiger partial charge in [0.2, 0.25) is 0 Å². The molecule has 13 heteroatoms. The lowest BCUT2D eigenvalue weighted by molar-refractivity contribution is -0.147. The van der Waals surface area contributed by atoms with Gasteiger partial charge in [-0.3, -0.25) is 19.3 Å². The molecule has 1 N–H and O–H groups in total. The monoisotopic (exact) mass is 586 g/mol. The fourth-order valence-corrected chi connectivity index (χ4v) is 5.36. The van der Waals surface area contributed by atoms with Gasteiger partial charge in [0.1, 0.15) is 5.82 Å². The van der Waals surface area contributed by atoms with Crippen molar-refractivity contribution in [2.75, 3.05) is 6.54 Å². The SMILES string of the molecule is O=C(O)C1CCC(n2ncc(C(=O)N(CCc3c(Cl)cncc3Cl)Cc3ccc(F)cc3)c2C(F)(F)F)CC1. The summed E-state index contributed by atoms with van der Waals surface area (Å²) in [6, 6.07) is 4.58. The van der Waals surface area contributed by atoms with Crippen LogP contribution in [0, 0.1) is 11.7 Å². The van der Waals surface area contributed by atoms with Crippen LogP contribution in [-0.4, -0.2) is 43.2 Å². The summed E-state index contributed by atoms with van der Waals surface area (Å²) in [7, 11) is 0. The lowest BCUT2D eigenvalue weighted by Crippen LogP contribution is -2.34. The number of nitrogens with zero attached hydrogens (tertiary/aromatic N) is 4. The number of alkyl halides is 3. The van der Waals surface area contributed by atoms with Crippen molar-refractivity contribution in [2.45, 2.75) is 50.9 Å². The van der Waals surface area contributed by atoms with Crippen LogP contribution in [-0.2, 0) is 23.9 Å². The summed E-state index contributed by atoms with van der Waals surface area (Å²) in [5.74, 6) is -3.01. The lowest BCUT2D eigenvalue weighted by Gasteiger charge is -2.28. The van der Waals surface area contributed by atoms with Crippen LogP contribution >= 0.6 is 23.2 Å². The van der Waals surface area contributed by atoms with E-state index in [-0.39, 0.29) is 55.2 Å². The Labute approximate surface area is 231 Å². The van der Waals surface area contributed by atoms with Crippen LogP contribution in [0.25, 0.3) is 0 Å². The Morgan fingerprint density at radius 1 is 1.03 bits per heavy atom. The molecule has 0 aliphatic heterocycles. The van der Waals surface area contributed by atoms with Crippen LogP contribution in [0.5, 0.6) is 0 Å². The van der Waals surface area contributed by atoms with Gasteiger partial charge < -0.3 is 10.0 Å². The highest BCUT2D eigenvalue weighted by molar-refractivity contribution is 6.35. The van der Waals surface area contributed by atoms with Crippen molar-refractivity contribution in [3.63, 3.8) is 0 Å². The second kappa shape index (κ2) is 11.9. The molecule has 0 bridgehead atoms. The smallest absolute Gasteiger partial charge is 0.433 e. The molecule has 1 aromatic carbocycles. The van der Waals surface area contributed by atoms with Crippen LogP contribution in [0.15, 0.2) is 42.9 Å². The van der Waals surface area contributed by atoms with E-state index in [2.05, 4.69) is 10.1 Å². The molecule has 0 atom stereocenters. The Bertz CT molecular complexity index is 1320. The minimum absolute atomic E-state index is 0.0497. The first-order valence-corrected chi connectivity index (χ1v) is 12.9. The summed E-state index contributed by atoms with van der Waals surface area (Å²) in [4.78, 5) is 30.0. The minimum atomic E-state index is -4.90. The Hall–Kier alpha value is -3.18. The second-order valence-corrected chi connectivity index (χ2v) is 10.2. The lowest BCUT2D eigenvalue weighted by atomic mass is 9.86. The number of carbonyl (C=O) groups excluding carboxylic acids is 1. The zero-order valence-electron chi connectivity index (χ0n) is 20.5. The third-order valence-corrected chi connectivity index (χ3v) is 7.50. The zero-order chi connectivity index (χ0) is 28.3. The van der Waals surface area contributed by atoms with E-state index in [1.807, 2.05) is 0 Å². The van der Waals surface area contributed by atoms with Crippen molar-refractivity contribution >= 4 is 35.1 Å². The number of carboxylic acid groups (broad SMARTS) is 1. The molecule has 1 aliphatic carbocycles. The molecule has 7 nitrogen and oxygen atoms in total. The summed E-state index contributed by atoms with van der Waals surface area (Å²) in [5.41, 5.74) is -0.830. The molecule has 2 heterocycles. The Balaban J connectivity index is 1.66. The number of hydrogen-bond donors (Lipinski definition) is 1. The van der Waals surface area contributed by atoms with Gasteiger partial charge in [-0.1, -0.05) is 35.3 Å². The molecule has 0 spiro atoms. The molecule has 1 fully saturated rings. The van der Waals surface area contributed by atoms with E-state index >= 15 is 0 Å². The molecule has 2 aromatic heterocycles. The molecule has 1 saturated carbocycles. The Kier molecular flexibility index (Phi) is 8.80. The maximum Gasteiger partial charge on any atom is 0.433 e. The molecule has 208 valence electrons. The van der Waals surface area contributed by atoms with Gasteiger partial charge in [0.15, 0.2) is 5.69 Å². The fraction of sp³-hybridized carbons (Fsp3) is 0.385. The number of halogens is 6. The maximum atomic E-state index is 14.3. The van der Waals surface area contributed by atoms with Crippen molar-refractivity contribution < 1.29 is 32.3 Å². The van der Waals surface area contributed by atoms with E-state index in [4.69, 9.17) is 23.2 Å². The first-order valence-electron chi connectivity index (χ1n) is 12.1. The van der Waals surface area contributed by atoms with E-state index in [9.17, 15) is 32.3 Å². The van der Waals surface area contributed by atoms with E-state index in [0.717, 1.165) is 10.9 Å². The largest absolute Gasteiger partial charge is 0.481 e. The topological polar surface area (TPSA) is 88.3 Å². The average molecular weight is 587 g/mol. The first-order chi connectivity index (χ1) is 18.5. The number of hydrogen-bond acceptors (Lipinski definition) is 4. The second-order valence-electron chi connectivity index (χ2n) is 9.38. The highest BCUT2D eigenvalue weighted by atomic mass is 35.5. The van der Waals surface area contributed by atoms with E-state index in [0.29, 0.717) is 11.1 Å². The average Bonchev–Trinajstić information content (AvgIpc) is 3.34. The van der Waals surface area contributed by atoms with E-state index in [1.165, 1.54) is 41.6 Å². The van der Waals surface area contributed by atoms with Crippen molar-refractivity contribution in [3.05, 3.63) is 81.1 Å². The normalized spacial score (nSPS) is 17.7. The number of aromatic nitrogens is 3. The predicted molar refractivity (Wildman–Crippen MR) is 135 cm³/mol. The molecule has 0 radical (unpaired) electrons. The number of rotatable bonds is 8. The van der Waals surface area contributed by atoms with Gasteiger partial charge in [-0.15, -0.1) is 0 Å². The number of carboxylic acids is 1. The number of carbonyl (C=O) groups is 2. The molecular weight excluding hydrogens is 563 g/mol. The van der Waals surface area contributed by atoms with Gasteiger partial charge in [0.05, 0.1) is 33.8 Å². The predicted octanol–water partition coefficient (Wildman–Crippen LogP) is 6.44. The Morgan fingerprint density at radius 3 is 2.21 bits per heavy atom. The quantitative estimate of drug-likeness (QED) is 0.307. The highest BCUT2D eigenvalue weighted by Crippen LogP contribution is 2.39.